The van der Waals surface area contributed by atoms with E-state index in [9.17, 15) is 13.2 Å². The smallest absolute Gasteiger partial charge is 0.251 e. The fraction of sp³-hybridized carbons (Fsp3) is 0.389. The molecule has 1 aliphatic carbocycles. The average Bonchev–Trinajstić information content (AvgIpc) is 3.32. The van der Waals surface area contributed by atoms with Gasteiger partial charge in [0.2, 0.25) is 10.0 Å². The Hall–Kier alpha value is -1.74. The molecule has 3 rings (SSSR count). The lowest BCUT2D eigenvalue weighted by molar-refractivity contribution is 0.0903. The van der Waals surface area contributed by atoms with E-state index in [4.69, 9.17) is 5.73 Å². The maximum Gasteiger partial charge on any atom is 0.251 e. The first-order chi connectivity index (χ1) is 12.4. The number of sulfonamides is 1. The number of rotatable bonds is 7. The molecule has 0 unspecified atom stereocenters. The molecular formula is C18H23N3O3S2. The number of amides is 1. The Morgan fingerprint density at radius 1 is 1.15 bits per heavy atom. The van der Waals surface area contributed by atoms with Gasteiger partial charge in [0.1, 0.15) is 0 Å². The zero-order valence-electron chi connectivity index (χ0n) is 14.4. The number of carbonyl (C=O) groups is 1. The third kappa shape index (κ3) is 4.32. The monoisotopic (exact) mass is 393 g/mol. The van der Waals surface area contributed by atoms with E-state index >= 15 is 0 Å². The van der Waals surface area contributed by atoms with Crippen molar-refractivity contribution >= 4 is 27.3 Å². The number of thiophene rings is 1. The predicted molar refractivity (Wildman–Crippen MR) is 103 cm³/mol. The van der Waals surface area contributed by atoms with Gasteiger partial charge in [0, 0.05) is 23.5 Å². The molecular weight excluding hydrogens is 370 g/mol. The molecule has 1 saturated carbocycles. The third-order valence-corrected chi connectivity index (χ3v) is 7.07. The molecule has 0 bridgehead atoms. The molecule has 0 radical (unpaired) electrons. The quantitative estimate of drug-likeness (QED) is 0.671. The second-order valence-electron chi connectivity index (χ2n) is 6.57. The van der Waals surface area contributed by atoms with Crippen LogP contribution in [0.1, 0.15) is 40.9 Å². The standard InChI is InChI=1S/C18H23N3O3S2/c19-13-18(9-1-2-10-18)21-17(22)14-5-7-16(8-6-14)26(23,24)20-12-15-4-3-11-25-15/h3-8,11,20H,1-2,9-10,12-13,19H2,(H,21,22). The highest BCUT2D eigenvalue weighted by molar-refractivity contribution is 7.89. The zero-order chi connectivity index (χ0) is 18.6. The van der Waals surface area contributed by atoms with E-state index in [0.29, 0.717) is 12.1 Å². The number of benzene rings is 1. The van der Waals surface area contributed by atoms with Gasteiger partial charge in [0.15, 0.2) is 0 Å². The number of nitrogens with one attached hydrogen (secondary N) is 2. The highest BCUT2D eigenvalue weighted by atomic mass is 32.2. The molecule has 4 N–H and O–H groups in total. The lowest BCUT2D eigenvalue weighted by Gasteiger charge is -2.28. The lowest BCUT2D eigenvalue weighted by atomic mass is 9.97. The van der Waals surface area contributed by atoms with Crippen molar-refractivity contribution in [2.24, 2.45) is 5.73 Å². The lowest BCUT2D eigenvalue weighted by Crippen LogP contribution is -2.51. The minimum atomic E-state index is -3.61. The molecule has 0 aliphatic heterocycles. The van der Waals surface area contributed by atoms with E-state index in [2.05, 4.69) is 10.0 Å². The van der Waals surface area contributed by atoms with Crippen molar-refractivity contribution in [3.63, 3.8) is 0 Å². The predicted octanol–water partition coefficient (Wildman–Crippen LogP) is 2.23. The molecule has 1 fully saturated rings. The van der Waals surface area contributed by atoms with Crippen molar-refractivity contribution in [3.8, 4) is 0 Å². The Kier molecular flexibility index (Phi) is 5.76. The van der Waals surface area contributed by atoms with Crippen LogP contribution in [0.3, 0.4) is 0 Å². The Morgan fingerprint density at radius 2 is 1.85 bits per heavy atom. The van der Waals surface area contributed by atoms with Crippen LogP contribution in [-0.4, -0.2) is 26.4 Å². The number of hydrogen-bond donors (Lipinski definition) is 3. The summed E-state index contributed by atoms with van der Waals surface area (Å²) in [5.41, 5.74) is 5.95. The van der Waals surface area contributed by atoms with Gasteiger partial charge in [-0.15, -0.1) is 11.3 Å². The van der Waals surface area contributed by atoms with Crippen LogP contribution < -0.4 is 15.8 Å². The molecule has 1 aromatic carbocycles. The molecule has 0 atom stereocenters. The number of carbonyl (C=O) groups excluding carboxylic acids is 1. The van der Waals surface area contributed by atoms with Crippen molar-refractivity contribution in [2.75, 3.05) is 6.54 Å². The molecule has 26 heavy (non-hydrogen) atoms. The first-order valence-corrected chi connectivity index (χ1v) is 11.0. The Bertz CT molecular complexity index is 840. The molecule has 1 aromatic heterocycles. The summed E-state index contributed by atoms with van der Waals surface area (Å²) in [5, 5.41) is 4.93. The second-order valence-corrected chi connectivity index (χ2v) is 9.37. The number of nitrogens with two attached hydrogens (primary N) is 1. The van der Waals surface area contributed by atoms with Crippen LogP contribution in [-0.2, 0) is 16.6 Å². The van der Waals surface area contributed by atoms with Gasteiger partial charge in [-0.25, -0.2) is 13.1 Å². The van der Waals surface area contributed by atoms with Gasteiger partial charge in [-0.3, -0.25) is 4.79 Å². The fourth-order valence-electron chi connectivity index (χ4n) is 3.19. The topological polar surface area (TPSA) is 101 Å². The van der Waals surface area contributed by atoms with E-state index in [0.717, 1.165) is 30.6 Å². The minimum absolute atomic E-state index is 0.139. The Morgan fingerprint density at radius 3 is 2.42 bits per heavy atom. The van der Waals surface area contributed by atoms with Crippen LogP contribution in [0.25, 0.3) is 0 Å². The van der Waals surface area contributed by atoms with Crippen LogP contribution >= 0.6 is 11.3 Å². The molecule has 140 valence electrons. The summed E-state index contributed by atoms with van der Waals surface area (Å²) in [6, 6.07) is 9.73. The van der Waals surface area contributed by atoms with Gasteiger partial charge in [0.25, 0.3) is 5.91 Å². The van der Waals surface area contributed by atoms with Crippen molar-refractivity contribution in [2.45, 2.75) is 42.7 Å². The maximum atomic E-state index is 12.5. The summed E-state index contributed by atoms with van der Waals surface area (Å²) in [6.07, 6.45) is 3.89. The van der Waals surface area contributed by atoms with Crippen LogP contribution in [0.5, 0.6) is 0 Å². The summed E-state index contributed by atoms with van der Waals surface area (Å²) in [7, 11) is -3.61. The van der Waals surface area contributed by atoms with Crippen LogP contribution in [0.2, 0.25) is 0 Å². The molecule has 1 heterocycles. The van der Waals surface area contributed by atoms with Gasteiger partial charge in [-0.1, -0.05) is 18.9 Å². The van der Waals surface area contributed by atoms with Gasteiger partial charge >= 0.3 is 0 Å². The van der Waals surface area contributed by atoms with Crippen LogP contribution in [0.15, 0.2) is 46.7 Å². The normalized spacial score (nSPS) is 16.5. The van der Waals surface area contributed by atoms with E-state index in [-0.39, 0.29) is 22.9 Å². The first-order valence-electron chi connectivity index (χ1n) is 8.59. The zero-order valence-corrected chi connectivity index (χ0v) is 16.0. The maximum absolute atomic E-state index is 12.5. The summed E-state index contributed by atoms with van der Waals surface area (Å²) < 4.78 is 27.3. The summed E-state index contributed by atoms with van der Waals surface area (Å²) in [5.74, 6) is -0.215. The minimum Gasteiger partial charge on any atom is -0.345 e. The van der Waals surface area contributed by atoms with Crippen molar-refractivity contribution in [3.05, 3.63) is 52.2 Å². The molecule has 8 heteroatoms. The molecule has 2 aromatic rings. The van der Waals surface area contributed by atoms with E-state index in [1.165, 1.54) is 35.6 Å². The molecule has 0 spiro atoms. The SMILES string of the molecule is NCC1(NC(=O)c2ccc(S(=O)(=O)NCc3cccs3)cc2)CCCC1. The summed E-state index contributed by atoms with van der Waals surface area (Å²) in [4.78, 5) is 13.6. The van der Waals surface area contributed by atoms with Gasteiger partial charge < -0.3 is 11.1 Å². The van der Waals surface area contributed by atoms with Gasteiger partial charge in [-0.05, 0) is 48.6 Å². The highest BCUT2D eigenvalue weighted by Gasteiger charge is 2.34. The molecule has 1 aliphatic rings. The van der Waals surface area contributed by atoms with Crippen LogP contribution in [0, 0.1) is 0 Å². The molecule has 1 amide bonds. The van der Waals surface area contributed by atoms with Crippen molar-refractivity contribution < 1.29 is 13.2 Å². The van der Waals surface area contributed by atoms with Crippen molar-refractivity contribution in [1.29, 1.82) is 0 Å². The Balaban J connectivity index is 1.66. The molecule has 6 nitrogen and oxygen atoms in total. The van der Waals surface area contributed by atoms with Crippen molar-refractivity contribution in [1.82, 2.24) is 10.0 Å². The average molecular weight is 394 g/mol. The van der Waals surface area contributed by atoms with E-state index in [1.54, 1.807) is 0 Å². The summed E-state index contributed by atoms with van der Waals surface area (Å²) >= 11 is 1.49. The van der Waals surface area contributed by atoms with Gasteiger partial charge in [0.05, 0.1) is 10.4 Å². The largest absolute Gasteiger partial charge is 0.345 e. The molecule has 0 saturated heterocycles. The second kappa shape index (κ2) is 7.87. The van der Waals surface area contributed by atoms with Crippen LogP contribution in [0.4, 0.5) is 0 Å². The Labute approximate surface area is 157 Å². The van der Waals surface area contributed by atoms with E-state index in [1.807, 2.05) is 17.5 Å². The fourth-order valence-corrected chi connectivity index (χ4v) is 4.94. The summed E-state index contributed by atoms with van der Waals surface area (Å²) in [6.45, 7) is 0.666. The van der Waals surface area contributed by atoms with E-state index < -0.39 is 10.0 Å². The highest BCUT2D eigenvalue weighted by Crippen LogP contribution is 2.29. The first kappa shape index (κ1) is 19.0. The number of hydrogen-bond acceptors (Lipinski definition) is 5. The van der Waals surface area contributed by atoms with Gasteiger partial charge in [-0.2, -0.15) is 0 Å². The third-order valence-electron chi connectivity index (χ3n) is 4.77.